The average molecular weight is 669 g/mol. The Bertz CT molecular complexity index is 1180. The summed E-state index contributed by atoms with van der Waals surface area (Å²) in [7, 11) is 0. The molecule has 0 aliphatic carbocycles. The molecule has 1 aliphatic heterocycles. The molecule has 0 spiro atoms. The number of benzene rings is 2. The Balaban J connectivity index is 1.68. The number of amides is 3. The molecule has 1 fully saturated rings. The van der Waals surface area contributed by atoms with Crippen LogP contribution in [0.5, 0.6) is 11.5 Å². The summed E-state index contributed by atoms with van der Waals surface area (Å²) in [5, 5.41) is 18.9. The second-order valence-corrected chi connectivity index (χ2v) is 12.7. The number of unbranched alkanes of at least 4 members (excludes halogenated alkanes) is 1. The fraction of sp³-hybridized carbons (Fsp3) is 0.464. The van der Waals surface area contributed by atoms with Crippen LogP contribution < -0.4 is 10.2 Å². The summed E-state index contributed by atoms with van der Waals surface area (Å²) in [5.74, 6) is 0.438. The first-order valence-corrected chi connectivity index (χ1v) is 14.3. The quantitative estimate of drug-likeness (QED) is 0.155. The van der Waals surface area contributed by atoms with Crippen LogP contribution in [0.15, 0.2) is 51.4 Å². The lowest BCUT2D eigenvalue weighted by molar-refractivity contribution is -0.144. The van der Waals surface area contributed by atoms with E-state index in [0.717, 1.165) is 14.5 Å². The highest BCUT2D eigenvalue weighted by molar-refractivity contribution is 9.11. The van der Waals surface area contributed by atoms with E-state index in [1.54, 1.807) is 5.48 Å². The molecule has 2 atom stereocenters. The lowest BCUT2D eigenvalue weighted by Crippen LogP contribution is -2.49. The van der Waals surface area contributed by atoms with E-state index in [9.17, 15) is 24.7 Å². The van der Waals surface area contributed by atoms with Crippen molar-refractivity contribution in [2.24, 2.45) is 0 Å². The standard InChI is InChI=1S/C28H35Br2N3O6/c1-27(2,3)33(26(36)37)13-6-5-7-23(24(34)31-38)32-14-12-28(4,25(32)35)18-8-10-21(11-9-18)39-22-16-19(29)15-20(30)17-22/h8-11,15-17,23,38H,5-7,12-14H2,1-4H3,(H,31,34)(H,36,37). The predicted molar refractivity (Wildman–Crippen MR) is 154 cm³/mol. The zero-order valence-corrected chi connectivity index (χ0v) is 25.7. The number of hydrogen-bond donors (Lipinski definition) is 3. The molecule has 3 rings (SSSR count). The van der Waals surface area contributed by atoms with Crippen LogP contribution in [0, 0.1) is 0 Å². The van der Waals surface area contributed by atoms with Crippen molar-refractivity contribution in [3.05, 3.63) is 57.0 Å². The molecule has 0 saturated carbocycles. The molecular formula is C28H35Br2N3O6. The number of carbonyl (C=O) groups is 3. The van der Waals surface area contributed by atoms with Crippen molar-refractivity contribution >= 4 is 49.8 Å². The van der Waals surface area contributed by atoms with Crippen molar-refractivity contribution in [2.75, 3.05) is 13.1 Å². The Morgan fingerprint density at radius 1 is 1.10 bits per heavy atom. The Hall–Kier alpha value is -2.63. The normalized spacial score (nSPS) is 18.1. The summed E-state index contributed by atoms with van der Waals surface area (Å²) < 4.78 is 7.71. The number of hydrogen-bond acceptors (Lipinski definition) is 5. The van der Waals surface area contributed by atoms with Crippen LogP contribution in [0.2, 0.25) is 0 Å². The highest BCUT2D eigenvalue weighted by Crippen LogP contribution is 2.38. The van der Waals surface area contributed by atoms with Crippen LogP contribution in [-0.2, 0) is 15.0 Å². The van der Waals surface area contributed by atoms with Crippen molar-refractivity contribution < 1.29 is 29.4 Å². The number of hydroxylamine groups is 1. The average Bonchev–Trinajstić information content (AvgIpc) is 3.14. The zero-order chi connectivity index (χ0) is 29.0. The number of carbonyl (C=O) groups excluding carboxylic acids is 2. The van der Waals surface area contributed by atoms with Gasteiger partial charge in [0.25, 0.3) is 5.91 Å². The maximum absolute atomic E-state index is 13.6. The summed E-state index contributed by atoms with van der Waals surface area (Å²) in [6.07, 6.45) is 0.848. The van der Waals surface area contributed by atoms with E-state index in [4.69, 9.17) is 4.74 Å². The molecule has 212 valence electrons. The Morgan fingerprint density at radius 2 is 1.72 bits per heavy atom. The van der Waals surface area contributed by atoms with Gasteiger partial charge in [-0.05, 0) is 89.3 Å². The van der Waals surface area contributed by atoms with Gasteiger partial charge in [0.2, 0.25) is 5.91 Å². The molecule has 0 radical (unpaired) electrons. The fourth-order valence-electron chi connectivity index (χ4n) is 4.88. The lowest BCUT2D eigenvalue weighted by atomic mass is 9.81. The summed E-state index contributed by atoms with van der Waals surface area (Å²) in [5.41, 5.74) is 1.13. The van der Waals surface area contributed by atoms with Crippen molar-refractivity contribution in [3.63, 3.8) is 0 Å². The van der Waals surface area contributed by atoms with Gasteiger partial charge in [-0.15, -0.1) is 0 Å². The summed E-state index contributed by atoms with van der Waals surface area (Å²) >= 11 is 6.89. The zero-order valence-electron chi connectivity index (χ0n) is 22.5. The van der Waals surface area contributed by atoms with Gasteiger partial charge in [0.15, 0.2) is 0 Å². The molecule has 2 aromatic rings. The Labute approximate surface area is 245 Å². The van der Waals surface area contributed by atoms with E-state index in [1.807, 2.05) is 70.2 Å². The Kier molecular flexibility index (Phi) is 10.1. The van der Waals surface area contributed by atoms with E-state index in [1.165, 1.54) is 9.80 Å². The van der Waals surface area contributed by atoms with E-state index in [2.05, 4.69) is 31.9 Å². The van der Waals surface area contributed by atoms with E-state index in [0.29, 0.717) is 50.3 Å². The third-order valence-electron chi connectivity index (χ3n) is 7.09. The monoisotopic (exact) mass is 667 g/mol. The molecule has 3 N–H and O–H groups in total. The first-order chi connectivity index (χ1) is 18.3. The largest absolute Gasteiger partial charge is 0.465 e. The topological polar surface area (TPSA) is 119 Å². The third-order valence-corrected chi connectivity index (χ3v) is 8.00. The third kappa shape index (κ3) is 7.52. The number of halogens is 2. The van der Waals surface area contributed by atoms with Crippen molar-refractivity contribution in [1.82, 2.24) is 15.3 Å². The van der Waals surface area contributed by atoms with Crippen LogP contribution in [0.3, 0.4) is 0 Å². The molecule has 11 heteroatoms. The van der Waals surface area contributed by atoms with Crippen LogP contribution in [0.1, 0.15) is 58.9 Å². The van der Waals surface area contributed by atoms with Gasteiger partial charge in [0, 0.05) is 27.6 Å². The number of nitrogens with one attached hydrogen (secondary N) is 1. The molecule has 3 amide bonds. The molecule has 2 aromatic carbocycles. The first kappa shape index (κ1) is 30.9. The fourth-order valence-corrected chi connectivity index (χ4v) is 6.13. The lowest BCUT2D eigenvalue weighted by Gasteiger charge is -2.33. The van der Waals surface area contributed by atoms with Gasteiger partial charge in [-0.3, -0.25) is 14.8 Å². The SMILES string of the molecule is CC1(c2ccc(Oc3cc(Br)cc(Br)c3)cc2)CCN(C(CCCCN(C(=O)O)C(C)(C)C)C(=O)NO)C1=O. The van der Waals surface area contributed by atoms with E-state index >= 15 is 0 Å². The van der Waals surface area contributed by atoms with Gasteiger partial charge in [0.1, 0.15) is 17.5 Å². The van der Waals surface area contributed by atoms with Gasteiger partial charge in [-0.2, -0.15) is 0 Å². The maximum atomic E-state index is 13.6. The summed E-state index contributed by atoms with van der Waals surface area (Å²) in [6.45, 7) is 8.00. The second-order valence-electron chi connectivity index (χ2n) is 10.9. The number of carboxylic acid groups (broad SMARTS) is 1. The van der Waals surface area contributed by atoms with E-state index in [-0.39, 0.29) is 5.91 Å². The first-order valence-electron chi connectivity index (χ1n) is 12.8. The molecule has 0 bridgehead atoms. The minimum Gasteiger partial charge on any atom is -0.465 e. The van der Waals surface area contributed by atoms with Gasteiger partial charge >= 0.3 is 6.09 Å². The van der Waals surface area contributed by atoms with Crippen molar-refractivity contribution in [3.8, 4) is 11.5 Å². The number of nitrogens with zero attached hydrogens (tertiary/aromatic N) is 2. The molecule has 1 saturated heterocycles. The number of likely N-dealkylation sites (tertiary alicyclic amines) is 1. The molecule has 0 aromatic heterocycles. The van der Waals surface area contributed by atoms with Gasteiger partial charge < -0.3 is 19.6 Å². The minimum atomic E-state index is -1.00. The van der Waals surface area contributed by atoms with Gasteiger partial charge in [-0.25, -0.2) is 10.3 Å². The summed E-state index contributed by atoms with van der Waals surface area (Å²) in [6, 6.07) is 12.1. The van der Waals surface area contributed by atoms with Crippen LogP contribution in [0.25, 0.3) is 0 Å². The van der Waals surface area contributed by atoms with Crippen LogP contribution >= 0.6 is 31.9 Å². The van der Waals surface area contributed by atoms with Crippen molar-refractivity contribution in [2.45, 2.75) is 70.4 Å². The smallest absolute Gasteiger partial charge is 0.407 e. The van der Waals surface area contributed by atoms with Crippen LogP contribution in [-0.4, -0.2) is 62.7 Å². The van der Waals surface area contributed by atoms with Gasteiger partial charge in [-0.1, -0.05) is 44.0 Å². The molecule has 1 aliphatic rings. The van der Waals surface area contributed by atoms with E-state index < -0.39 is 29.0 Å². The highest BCUT2D eigenvalue weighted by Gasteiger charge is 2.47. The van der Waals surface area contributed by atoms with Gasteiger partial charge in [0.05, 0.1) is 5.41 Å². The van der Waals surface area contributed by atoms with Crippen LogP contribution in [0.4, 0.5) is 4.79 Å². The number of ether oxygens (including phenoxy) is 1. The molecule has 1 heterocycles. The number of rotatable bonds is 10. The maximum Gasteiger partial charge on any atom is 0.407 e. The molecule has 39 heavy (non-hydrogen) atoms. The second kappa shape index (κ2) is 12.7. The highest BCUT2D eigenvalue weighted by atomic mass is 79.9. The molecular weight excluding hydrogens is 634 g/mol. The summed E-state index contributed by atoms with van der Waals surface area (Å²) in [4.78, 5) is 40.7. The Morgan fingerprint density at radius 3 is 2.26 bits per heavy atom. The molecule has 2 unspecified atom stereocenters. The van der Waals surface area contributed by atoms with Crippen molar-refractivity contribution in [1.29, 1.82) is 0 Å². The molecule has 9 nitrogen and oxygen atoms in total. The minimum absolute atomic E-state index is 0.192. The predicted octanol–water partition coefficient (Wildman–Crippen LogP) is 6.32.